The van der Waals surface area contributed by atoms with Gasteiger partial charge in [-0.2, -0.15) is 26.3 Å². The summed E-state index contributed by atoms with van der Waals surface area (Å²) in [6.45, 7) is 2.00. The van der Waals surface area contributed by atoms with Gasteiger partial charge in [-0.3, -0.25) is 0 Å². The summed E-state index contributed by atoms with van der Waals surface area (Å²) in [7, 11) is 0. The summed E-state index contributed by atoms with van der Waals surface area (Å²) in [6, 6.07) is 15.6. The molecule has 0 bridgehead atoms. The summed E-state index contributed by atoms with van der Waals surface area (Å²) in [4.78, 5) is 0. The average molecular weight is 546 g/mol. The zero-order valence-electron chi connectivity index (χ0n) is 19.5. The minimum Gasteiger partial charge on any atom is -0.338 e. The maximum atomic E-state index is 13.3. The molecule has 0 amide bonds. The molecule has 12 heteroatoms. The van der Waals surface area contributed by atoms with Gasteiger partial charge in [0.15, 0.2) is 5.82 Å². The predicted octanol–water partition coefficient (Wildman–Crippen LogP) is 8.16. The molecule has 0 saturated heterocycles. The van der Waals surface area contributed by atoms with Crippen LogP contribution in [0.25, 0.3) is 32.6 Å². The fraction of sp³-hybridized carbons (Fsp3) is 0.154. The van der Waals surface area contributed by atoms with Crippen molar-refractivity contribution in [2.24, 2.45) is 0 Å². The van der Waals surface area contributed by atoms with Crippen molar-refractivity contribution >= 4 is 33.6 Å². The van der Waals surface area contributed by atoms with Gasteiger partial charge in [0.05, 0.1) is 11.1 Å². The monoisotopic (exact) mass is 545 g/mol. The molecule has 0 aliphatic rings. The smallest absolute Gasteiger partial charge is 0.338 e. The first-order valence-electron chi connectivity index (χ1n) is 11.3. The van der Waals surface area contributed by atoms with Crippen LogP contribution in [-0.4, -0.2) is 20.4 Å². The van der Waals surface area contributed by atoms with Gasteiger partial charge in [0, 0.05) is 27.6 Å². The van der Waals surface area contributed by atoms with Crippen LogP contribution in [0.15, 0.2) is 66.7 Å². The second-order valence-electron chi connectivity index (χ2n) is 8.29. The first kappa shape index (κ1) is 25.6. The first-order chi connectivity index (χ1) is 18.0. The maximum absolute atomic E-state index is 13.3. The number of alkyl halides is 6. The Bertz CT molecular complexity index is 1580. The zero-order chi connectivity index (χ0) is 27.1. The van der Waals surface area contributed by atoms with Gasteiger partial charge in [0.2, 0.25) is 0 Å². The van der Waals surface area contributed by atoms with Gasteiger partial charge >= 0.3 is 12.4 Å². The van der Waals surface area contributed by atoms with E-state index in [-0.39, 0.29) is 11.9 Å². The highest BCUT2D eigenvalue weighted by atomic mass is 32.1. The summed E-state index contributed by atoms with van der Waals surface area (Å²) in [6.07, 6.45) is -9.14. The lowest BCUT2D eigenvalue weighted by Crippen LogP contribution is -2.12. The van der Waals surface area contributed by atoms with E-state index in [1.807, 2.05) is 31.2 Å². The summed E-state index contributed by atoms with van der Waals surface area (Å²) >= 11 is 1.50. The molecule has 0 aliphatic carbocycles. The van der Waals surface area contributed by atoms with Crippen molar-refractivity contribution in [3.05, 3.63) is 82.9 Å². The molecule has 0 atom stereocenters. The molecular weight excluding hydrogens is 528 g/mol. The molecule has 2 heterocycles. The molecule has 3 aromatic carbocycles. The molecule has 0 unspecified atom stereocenters. The van der Waals surface area contributed by atoms with Crippen LogP contribution in [0.1, 0.15) is 23.1 Å². The molecule has 0 aliphatic heterocycles. The molecule has 0 fully saturated rings. The minimum atomic E-state index is -4.96. The Labute approximate surface area is 216 Å². The highest BCUT2D eigenvalue weighted by molar-refractivity contribution is 7.14. The Morgan fingerprint density at radius 3 is 1.89 bits per heavy atom. The zero-order valence-corrected chi connectivity index (χ0v) is 20.3. The molecule has 2 aromatic heterocycles. The van der Waals surface area contributed by atoms with Crippen molar-refractivity contribution in [1.82, 2.24) is 20.4 Å². The molecule has 5 aromatic rings. The second kappa shape index (κ2) is 9.67. The van der Waals surface area contributed by atoms with E-state index in [1.165, 1.54) is 11.3 Å². The number of benzene rings is 3. The number of aryl methyl sites for hydroxylation is 1. The number of fused-ring (bicyclic) bond motifs is 1. The molecule has 5 rings (SSSR count). The van der Waals surface area contributed by atoms with Crippen molar-refractivity contribution in [2.45, 2.75) is 25.7 Å². The number of nitrogens with one attached hydrogen (secondary N) is 1. The van der Waals surface area contributed by atoms with Crippen molar-refractivity contribution in [2.75, 3.05) is 5.32 Å². The van der Waals surface area contributed by atoms with Crippen LogP contribution in [0.2, 0.25) is 0 Å². The average Bonchev–Trinajstić information content (AvgIpc) is 3.37. The van der Waals surface area contributed by atoms with Crippen LogP contribution in [0.4, 0.5) is 37.8 Å². The molecule has 0 saturated carbocycles. The van der Waals surface area contributed by atoms with Crippen LogP contribution >= 0.6 is 11.3 Å². The van der Waals surface area contributed by atoms with E-state index in [2.05, 4.69) is 25.7 Å². The lowest BCUT2D eigenvalue weighted by atomic mass is 10.0. The fourth-order valence-corrected chi connectivity index (χ4v) is 4.64. The van der Waals surface area contributed by atoms with Gasteiger partial charge in [0.25, 0.3) is 0 Å². The SMILES string of the molecule is CCc1nnc(-c2ccc(-c3nnc(Nc4cc(C(F)(F)F)cc(C(F)(F)F)c4)c4ccccc34)cc2)s1. The van der Waals surface area contributed by atoms with E-state index in [0.717, 1.165) is 27.6 Å². The van der Waals surface area contributed by atoms with Gasteiger partial charge < -0.3 is 5.32 Å². The Morgan fingerprint density at radius 1 is 0.711 bits per heavy atom. The predicted molar refractivity (Wildman–Crippen MR) is 133 cm³/mol. The molecule has 0 radical (unpaired) electrons. The number of aromatic nitrogens is 4. The number of hydrogen-bond donors (Lipinski definition) is 1. The maximum Gasteiger partial charge on any atom is 0.416 e. The second-order valence-corrected chi connectivity index (χ2v) is 9.36. The summed E-state index contributed by atoms with van der Waals surface area (Å²) in [5.74, 6) is 0.0226. The van der Waals surface area contributed by atoms with Gasteiger partial charge in [0.1, 0.15) is 15.7 Å². The third-order valence-corrected chi connectivity index (χ3v) is 6.83. The van der Waals surface area contributed by atoms with Gasteiger partial charge in [-0.1, -0.05) is 66.8 Å². The number of halogens is 6. The van der Waals surface area contributed by atoms with Crippen LogP contribution in [0, 0.1) is 0 Å². The summed E-state index contributed by atoms with van der Waals surface area (Å²) in [5, 5.41) is 22.1. The van der Waals surface area contributed by atoms with Crippen LogP contribution in [0.5, 0.6) is 0 Å². The molecule has 5 nitrogen and oxygen atoms in total. The number of nitrogens with zero attached hydrogens (tertiary/aromatic N) is 4. The van der Waals surface area contributed by atoms with Crippen molar-refractivity contribution in [1.29, 1.82) is 0 Å². The molecule has 1 N–H and O–H groups in total. The van der Waals surface area contributed by atoms with Gasteiger partial charge in [-0.15, -0.1) is 20.4 Å². The molecular formula is C26H17F6N5S. The quantitative estimate of drug-likeness (QED) is 0.226. The van der Waals surface area contributed by atoms with E-state index in [0.29, 0.717) is 28.6 Å². The largest absolute Gasteiger partial charge is 0.416 e. The van der Waals surface area contributed by atoms with Crippen molar-refractivity contribution in [3.8, 4) is 21.8 Å². The summed E-state index contributed by atoms with van der Waals surface area (Å²) in [5.41, 5.74) is -1.15. The highest BCUT2D eigenvalue weighted by Gasteiger charge is 2.37. The molecule has 38 heavy (non-hydrogen) atoms. The third-order valence-electron chi connectivity index (χ3n) is 5.71. The van der Waals surface area contributed by atoms with E-state index in [1.54, 1.807) is 24.3 Å². The lowest BCUT2D eigenvalue weighted by Gasteiger charge is -2.16. The van der Waals surface area contributed by atoms with Crippen LogP contribution in [0.3, 0.4) is 0 Å². The van der Waals surface area contributed by atoms with Gasteiger partial charge in [-0.25, -0.2) is 0 Å². The first-order valence-corrected chi connectivity index (χ1v) is 12.1. The minimum absolute atomic E-state index is 0.0226. The Morgan fingerprint density at radius 2 is 1.32 bits per heavy atom. The van der Waals surface area contributed by atoms with Gasteiger partial charge in [-0.05, 0) is 24.6 Å². The van der Waals surface area contributed by atoms with E-state index in [9.17, 15) is 26.3 Å². The van der Waals surface area contributed by atoms with Crippen molar-refractivity contribution < 1.29 is 26.3 Å². The van der Waals surface area contributed by atoms with E-state index < -0.39 is 29.2 Å². The van der Waals surface area contributed by atoms with E-state index >= 15 is 0 Å². The molecule has 194 valence electrons. The topological polar surface area (TPSA) is 63.6 Å². The highest BCUT2D eigenvalue weighted by Crippen LogP contribution is 2.39. The van der Waals surface area contributed by atoms with Crippen LogP contribution < -0.4 is 5.32 Å². The standard InChI is InChI=1S/C26H17F6N5S/c1-2-21-34-37-24(38-21)15-9-7-14(8-10-15)22-19-5-3-4-6-20(19)23(36-35-22)33-18-12-16(25(27,28)29)11-17(13-18)26(30,31)32/h3-13H,2H2,1H3,(H,33,36). The number of rotatable bonds is 5. The normalized spacial score (nSPS) is 12.2. The Hall–Kier alpha value is -4.06. The Kier molecular flexibility index (Phi) is 6.51. The fourth-order valence-electron chi connectivity index (χ4n) is 3.86. The third kappa shape index (κ3) is 5.17. The molecule has 0 spiro atoms. The van der Waals surface area contributed by atoms with E-state index in [4.69, 9.17) is 0 Å². The van der Waals surface area contributed by atoms with Crippen LogP contribution in [-0.2, 0) is 18.8 Å². The summed E-state index contributed by atoms with van der Waals surface area (Å²) < 4.78 is 79.8. The lowest BCUT2D eigenvalue weighted by molar-refractivity contribution is -0.143. The Balaban J connectivity index is 1.53. The van der Waals surface area contributed by atoms with Crippen molar-refractivity contribution in [3.63, 3.8) is 0 Å². The number of anilines is 2. The number of hydrogen-bond acceptors (Lipinski definition) is 6.